The van der Waals surface area contributed by atoms with Crippen LogP contribution in [0.25, 0.3) is 10.8 Å². The predicted molar refractivity (Wildman–Crippen MR) is 153 cm³/mol. The highest BCUT2D eigenvalue weighted by atomic mass is 19.1. The van der Waals surface area contributed by atoms with E-state index in [1.54, 1.807) is 24.3 Å². The maximum Gasteiger partial charge on any atom is 0.317 e. The van der Waals surface area contributed by atoms with Crippen LogP contribution in [0.1, 0.15) is 70.7 Å². The molecule has 1 fully saturated rings. The van der Waals surface area contributed by atoms with Crippen LogP contribution in [-0.4, -0.2) is 51.7 Å². The van der Waals surface area contributed by atoms with Gasteiger partial charge in [0.15, 0.2) is 0 Å². The molecule has 4 aromatic rings. The highest BCUT2D eigenvalue weighted by Crippen LogP contribution is 2.25. The maximum absolute atomic E-state index is 15.1. The molecule has 41 heavy (non-hydrogen) atoms. The van der Waals surface area contributed by atoms with E-state index in [1.807, 2.05) is 12.1 Å². The summed E-state index contributed by atoms with van der Waals surface area (Å²) in [5, 5.41) is 14.8. The van der Waals surface area contributed by atoms with Crippen LogP contribution in [0.2, 0.25) is 0 Å². The number of halogens is 1. The summed E-state index contributed by atoms with van der Waals surface area (Å²) in [6.07, 6.45) is 6.47. The number of fused-ring (bicyclic) bond motifs is 2. The third kappa shape index (κ3) is 6.03. The van der Waals surface area contributed by atoms with Crippen LogP contribution in [0.15, 0.2) is 47.3 Å². The minimum absolute atomic E-state index is 0.0722. The molecule has 0 radical (unpaired) electrons. The lowest BCUT2D eigenvalue weighted by atomic mass is 9.96. The van der Waals surface area contributed by atoms with E-state index >= 15 is 4.39 Å². The van der Waals surface area contributed by atoms with Gasteiger partial charge in [-0.05, 0) is 56.0 Å². The third-order valence-corrected chi connectivity index (χ3v) is 7.89. The van der Waals surface area contributed by atoms with Gasteiger partial charge in [0, 0.05) is 42.9 Å². The number of H-pyrrole nitrogens is 1. The Morgan fingerprint density at radius 1 is 1.07 bits per heavy atom. The van der Waals surface area contributed by atoms with E-state index in [4.69, 9.17) is 4.74 Å². The highest BCUT2D eigenvalue weighted by Gasteiger charge is 2.26. The number of aromatic amines is 1. The van der Waals surface area contributed by atoms with E-state index < -0.39 is 11.6 Å². The molecule has 212 valence electrons. The Balaban J connectivity index is 1.25. The van der Waals surface area contributed by atoms with Gasteiger partial charge in [-0.3, -0.25) is 9.59 Å². The number of carbonyl (C=O) groups is 1. The van der Waals surface area contributed by atoms with E-state index in [2.05, 4.69) is 30.8 Å². The van der Waals surface area contributed by atoms with Crippen LogP contribution in [0.4, 0.5) is 4.39 Å². The Kier molecular flexibility index (Phi) is 8.11. The van der Waals surface area contributed by atoms with Gasteiger partial charge in [-0.1, -0.05) is 30.7 Å². The molecule has 0 bridgehead atoms. The topological polar surface area (TPSA) is 122 Å². The molecule has 1 atom stereocenters. The van der Waals surface area contributed by atoms with Crippen LogP contribution in [0.3, 0.4) is 0 Å². The molecule has 0 aliphatic carbocycles. The number of ether oxygens (including phenoxy) is 1. The van der Waals surface area contributed by atoms with Crippen molar-refractivity contribution >= 4 is 16.6 Å². The minimum Gasteiger partial charge on any atom is -0.463 e. The summed E-state index contributed by atoms with van der Waals surface area (Å²) in [6, 6.07) is 12.3. The van der Waals surface area contributed by atoms with E-state index in [0.29, 0.717) is 59.6 Å². The Hall–Kier alpha value is -4.02. The predicted octanol–water partition coefficient (Wildman–Crippen LogP) is 3.62. The first-order chi connectivity index (χ1) is 20.1. The summed E-state index contributed by atoms with van der Waals surface area (Å²) in [7, 11) is 0. The third-order valence-electron chi connectivity index (χ3n) is 7.89. The summed E-state index contributed by atoms with van der Waals surface area (Å²) in [5.41, 5.74) is 2.57. The van der Waals surface area contributed by atoms with Crippen LogP contribution < -0.4 is 20.9 Å². The fourth-order valence-corrected chi connectivity index (χ4v) is 5.72. The lowest BCUT2D eigenvalue weighted by Gasteiger charge is -2.23. The lowest BCUT2D eigenvalue weighted by molar-refractivity contribution is 0.102. The number of hydrogen-bond acceptors (Lipinski definition) is 8. The molecule has 3 N–H and O–H groups in total. The van der Waals surface area contributed by atoms with Gasteiger partial charge in [0.25, 0.3) is 5.56 Å². The number of carbonyl (C=O) groups excluding carboxylic acids is 1. The standard InChI is InChI=1S/C31H33FN6O3/c32-25-11-10-19(17-27-21-8-1-2-9-22(21)30(40)38-37-27)16-23(25)29(39)28-24-18-33-14-12-26(24)35-31(36-28)41-15-5-7-20-6-3-4-13-34-20/h1-2,8-11,16,20,33-34H,3-7,12-15,17-18H2,(H,38,40). The molecule has 2 aromatic carbocycles. The zero-order valence-electron chi connectivity index (χ0n) is 22.8. The van der Waals surface area contributed by atoms with Crippen molar-refractivity contribution in [2.24, 2.45) is 0 Å². The second-order valence-electron chi connectivity index (χ2n) is 10.7. The summed E-state index contributed by atoms with van der Waals surface area (Å²) in [5.74, 6) is -1.14. The number of piperidine rings is 1. The van der Waals surface area contributed by atoms with E-state index in [-0.39, 0.29) is 22.8 Å². The Morgan fingerprint density at radius 3 is 2.80 bits per heavy atom. The number of rotatable bonds is 9. The average Bonchev–Trinajstić information content (AvgIpc) is 3.01. The fraction of sp³-hybridized carbons (Fsp3) is 0.387. The van der Waals surface area contributed by atoms with Crippen molar-refractivity contribution in [1.29, 1.82) is 0 Å². The smallest absolute Gasteiger partial charge is 0.317 e. The molecule has 10 heteroatoms. The van der Waals surface area contributed by atoms with Gasteiger partial charge in [0.1, 0.15) is 11.5 Å². The Bertz CT molecular complexity index is 1630. The molecule has 0 amide bonds. The molecule has 1 saturated heterocycles. The van der Waals surface area contributed by atoms with E-state index in [0.717, 1.165) is 31.6 Å². The summed E-state index contributed by atoms with van der Waals surface area (Å²) in [6.45, 7) is 2.68. The first-order valence-electron chi connectivity index (χ1n) is 14.3. The first kappa shape index (κ1) is 27.2. The van der Waals surface area contributed by atoms with Gasteiger partial charge in [0.05, 0.1) is 28.9 Å². The van der Waals surface area contributed by atoms with Crippen molar-refractivity contribution in [3.63, 3.8) is 0 Å². The van der Waals surface area contributed by atoms with Crippen LogP contribution in [0.5, 0.6) is 6.01 Å². The van der Waals surface area contributed by atoms with Crippen LogP contribution >= 0.6 is 0 Å². The number of aromatic nitrogens is 4. The fourth-order valence-electron chi connectivity index (χ4n) is 5.72. The number of benzene rings is 2. The van der Waals surface area contributed by atoms with Crippen molar-refractivity contribution in [3.05, 3.63) is 92.4 Å². The minimum atomic E-state index is -0.628. The summed E-state index contributed by atoms with van der Waals surface area (Å²) >= 11 is 0. The van der Waals surface area contributed by atoms with Gasteiger partial charge in [-0.15, -0.1) is 0 Å². The molecular weight excluding hydrogens is 523 g/mol. The largest absolute Gasteiger partial charge is 0.463 e. The van der Waals surface area contributed by atoms with Gasteiger partial charge >= 0.3 is 6.01 Å². The van der Waals surface area contributed by atoms with Crippen LogP contribution in [0, 0.1) is 5.82 Å². The molecule has 0 saturated carbocycles. The van der Waals surface area contributed by atoms with E-state index in [9.17, 15) is 9.59 Å². The second-order valence-corrected chi connectivity index (χ2v) is 10.7. The molecule has 9 nitrogen and oxygen atoms in total. The molecule has 2 aromatic heterocycles. The average molecular weight is 557 g/mol. The first-order valence-corrected chi connectivity index (χ1v) is 14.3. The van der Waals surface area contributed by atoms with E-state index in [1.165, 1.54) is 25.3 Å². The molecule has 0 spiro atoms. The number of hydrogen-bond donors (Lipinski definition) is 3. The summed E-state index contributed by atoms with van der Waals surface area (Å²) in [4.78, 5) is 35.1. The molecule has 2 aliphatic rings. The lowest BCUT2D eigenvalue weighted by Crippen LogP contribution is -2.34. The van der Waals surface area contributed by atoms with Crippen molar-refractivity contribution in [1.82, 2.24) is 30.8 Å². The quantitative estimate of drug-likeness (QED) is 0.211. The van der Waals surface area contributed by atoms with Gasteiger partial charge in [-0.25, -0.2) is 9.49 Å². The number of ketones is 1. The molecular formula is C31H33FN6O3. The summed E-state index contributed by atoms with van der Waals surface area (Å²) < 4.78 is 21.0. The van der Waals surface area contributed by atoms with Gasteiger partial charge < -0.3 is 15.4 Å². The highest BCUT2D eigenvalue weighted by molar-refractivity contribution is 6.09. The molecule has 2 aliphatic heterocycles. The molecule has 6 rings (SSSR count). The zero-order chi connectivity index (χ0) is 28.2. The van der Waals surface area contributed by atoms with Crippen molar-refractivity contribution in [2.45, 2.75) is 57.5 Å². The SMILES string of the molecule is O=C(c1cc(Cc2n[nH]c(=O)c3ccccc23)ccc1F)c1nc(OCCCC2CCCCN2)nc2c1CNCC2. The Labute approximate surface area is 237 Å². The van der Waals surface area contributed by atoms with Gasteiger partial charge in [0.2, 0.25) is 5.78 Å². The van der Waals surface area contributed by atoms with Crippen LogP contribution in [-0.2, 0) is 19.4 Å². The number of nitrogens with zero attached hydrogens (tertiary/aromatic N) is 3. The monoisotopic (exact) mass is 556 g/mol. The maximum atomic E-state index is 15.1. The zero-order valence-corrected chi connectivity index (χ0v) is 22.8. The normalized spacial score (nSPS) is 16.9. The number of nitrogens with one attached hydrogen (secondary N) is 3. The molecule has 1 unspecified atom stereocenters. The Morgan fingerprint density at radius 2 is 1.95 bits per heavy atom. The van der Waals surface area contributed by atoms with Gasteiger partial charge in [-0.2, -0.15) is 15.1 Å². The van der Waals surface area contributed by atoms with Crippen molar-refractivity contribution in [2.75, 3.05) is 19.7 Å². The second kappa shape index (κ2) is 12.2. The van der Waals surface area contributed by atoms with Crippen molar-refractivity contribution < 1.29 is 13.9 Å². The molecule has 4 heterocycles. The van der Waals surface area contributed by atoms with Crippen molar-refractivity contribution in [3.8, 4) is 6.01 Å².